The molecule has 0 radical (unpaired) electrons. The molecule has 1 aromatic heterocycles. The summed E-state index contributed by atoms with van der Waals surface area (Å²) < 4.78 is 5.40. The lowest BCUT2D eigenvalue weighted by Crippen LogP contribution is -2.27. The first kappa shape index (κ1) is 18.7. The summed E-state index contributed by atoms with van der Waals surface area (Å²) in [6.07, 6.45) is 3.91. The van der Waals surface area contributed by atoms with Gasteiger partial charge in [0.25, 0.3) is 5.91 Å². The van der Waals surface area contributed by atoms with E-state index in [4.69, 9.17) is 4.74 Å². The number of aromatic nitrogens is 2. The van der Waals surface area contributed by atoms with Gasteiger partial charge in [0.2, 0.25) is 0 Å². The minimum Gasteiger partial charge on any atom is -0.494 e. The molecular weight excluding hydrogens is 318 g/mol. The number of nitrogens with one attached hydrogen (secondary N) is 2. The molecule has 0 saturated carbocycles. The summed E-state index contributed by atoms with van der Waals surface area (Å²) in [5, 5.41) is 5.98. The largest absolute Gasteiger partial charge is 0.494 e. The van der Waals surface area contributed by atoms with Crippen LogP contribution in [0.4, 0.5) is 11.5 Å². The summed E-state index contributed by atoms with van der Waals surface area (Å²) in [5.74, 6) is 1.19. The SMILES string of the molecule is CCOc1ccc(Nc2cnc(C(=O)NCCCN(C)C)cn2)cc1. The zero-order valence-corrected chi connectivity index (χ0v) is 15.0. The number of rotatable bonds is 9. The van der Waals surface area contributed by atoms with Crippen molar-refractivity contribution in [2.75, 3.05) is 39.1 Å². The average molecular weight is 343 g/mol. The molecule has 2 N–H and O–H groups in total. The van der Waals surface area contributed by atoms with Crippen molar-refractivity contribution in [1.82, 2.24) is 20.2 Å². The van der Waals surface area contributed by atoms with Gasteiger partial charge in [0.1, 0.15) is 17.3 Å². The average Bonchev–Trinajstić information content (AvgIpc) is 2.61. The van der Waals surface area contributed by atoms with Gasteiger partial charge in [0.05, 0.1) is 19.0 Å². The van der Waals surface area contributed by atoms with Crippen LogP contribution in [0.15, 0.2) is 36.7 Å². The van der Waals surface area contributed by atoms with Gasteiger partial charge < -0.3 is 20.3 Å². The molecule has 2 aromatic rings. The Morgan fingerprint density at radius 2 is 1.92 bits per heavy atom. The van der Waals surface area contributed by atoms with Crippen molar-refractivity contribution >= 4 is 17.4 Å². The summed E-state index contributed by atoms with van der Waals surface area (Å²) in [4.78, 5) is 22.5. The fraction of sp³-hybridized carbons (Fsp3) is 0.389. The van der Waals surface area contributed by atoms with Crippen LogP contribution in [0.25, 0.3) is 0 Å². The van der Waals surface area contributed by atoms with Gasteiger partial charge >= 0.3 is 0 Å². The molecule has 0 fully saturated rings. The van der Waals surface area contributed by atoms with E-state index >= 15 is 0 Å². The molecule has 1 heterocycles. The molecule has 1 amide bonds. The van der Waals surface area contributed by atoms with Crippen molar-refractivity contribution in [1.29, 1.82) is 0 Å². The molecule has 25 heavy (non-hydrogen) atoms. The van der Waals surface area contributed by atoms with Crippen molar-refractivity contribution in [3.05, 3.63) is 42.4 Å². The van der Waals surface area contributed by atoms with Gasteiger partial charge in [-0.2, -0.15) is 0 Å². The molecule has 0 atom stereocenters. The van der Waals surface area contributed by atoms with Gasteiger partial charge in [-0.3, -0.25) is 4.79 Å². The Balaban J connectivity index is 1.85. The molecule has 1 aromatic carbocycles. The molecule has 0 spiro atoms. The number of nitrogens with zero attached hydrogens (tertiary/aromatic N) is 3. The highest BCUT2D eigenvalue weighted by molar-refractivity contribution is 5.92. The first-order chi connectivity index (χ1) is 12.1. The standard InChI is InChI=1S/C18H25N5O2/c1-4-25-15-8-6-14(7-9-15)22-17-13-20-16(12-21-17)18(24)19-10-5-11-23(2)3/h6-9,12-13H,4-5,10-11H2,1-3H3,(H,19,24)(H,21,22). The number of benzene rings is 1. The van der Waals surface area contributed by atoms with Gasteiger partial charge in [-0.15, -0.1) is 0 Å². The molecule has 0 aliphatic rings. The number of hydrogen-bond acceptors (Lipinski definition) is 6. The zero-order valence-electron chi connectivity index (χ0n) is 15.0. The number of carbonyl (C=O) groups is 1. The van der Waals surface area contributed by atoms with E-state index < -0.39 is 0 Å². The summed E-state index contributed by atoms with van der Waals surface area (Å²) in [6.45, 7) is 4.13. The molecule has 2 rings (SSSR count). The van der Waals surface area contributed by atoms with Crippen LogP contribution in [0.2, 0.25) is 0 Å². The lowest BCUT2D eigenvalue weighted by Gasteiger charge is -2.10. The Morgan fingerprint density at radius 1 is 1.16 bits per heavy atom. The summed E-state index contributed by atoms with van der Waals surface area (Å²) >= 11 is 0. The summed E-state index contributed by atoms with van der Waals surface area (Å²) in [5.41, 5.74) is 1.18. The maximum Gasteiger partial charge on any atom is 0.271 e. The van der Waals surface area contributed by atoms with E-state index in [0.29, 0.717) is 24.7 Å². The maximum absolute atomic E-state index is 12.0. The molecule has 0 bridgehead atoms. The Kier molecular flexibility index (Phi) is 7.16. The minimum absolute atomic E-state index is 0.209. The number of hydrogen-bond donors (Lipinski definition) is 2. The van der Waals surface area contributed by atoms with Gasteiger partial charge in [-0.05, 0) is 58.3 Å². The van der Waals surface area contributed by atoms with Crippen molar-refractivity contribution in [2.24, 2.45) is 0 Å². The Hall–Kier alpha value is -2.67. The van der Waals surface area contributed by atoms with Crippen molar-refractivity contribution in [2.45, 2.75) is 13.3 Å². The Bertz CT molecular complexity index is 656. The molecule has 7 heteroatoms. The summed E-state index contributed by atoms with van der Waals surface area (Å²) in [6, 6.07) is 7.57. The van der Waals surface area contributed by atoms with E-state index in [2.05, 4.69) is 25.5 Å². The van der Waals surface area contributed by atoms with Gasteiger partial charge in [0, 0.05) is 12.2 Å². The fourth-order valence-corrected chi connectivity index (χ4v) is 2.15. The normalized spacial score (nSPS) is 10.6. The second kappa shape index (κ2) is 9.58. The van der Waals surface area contributed by atoms with Gasteiger partial charge in [-0.25, -0.2) is 9.97 Å². The zero-order chi connectivity index (χ0) is 18.1. The van der Waals surface area contributed by atoms with Crippen LogP contribution in [0.3, 0.4) is 0 Å². The second-order valence-electron chi connectivity index (χ2n) is 5.78. The Labute approximate surface area is 148 Å². The van der Waals surface area contributed by atoms with Crippen LogP contribution >= 0.6 is 0 Å². The predicted octanol–water partition coefficient (Wildman–Crippen LogP) is 2.30. The molecule has 134 valence electrons. The minimum atomic E-state index is -0.209. The topological polar surface area (TPSA) is 79.4 Å². The van der Waals surface area contributed by atoms with Gasteiger partial charge in [-0.1, -0.05) is 0 Å². The quantitative estimate of drug-likeness (QED) is 0.680. The van der Waals surface area contributed by atoms with E-state index in [1.54, 1.807) is 6.20 Å². The molecule has 0 aliphatic carbocycles. The van der Waals surface area contributed by atoms with E-state index in [1.807, 2.05) is 45.3 Å². The molecule has 0 aliphatic heterocycles. The van der Waals surface area contributed by atoms with Gasteiger partial charge in [0.15, 0.2) is 0 Å². The van der Waals surface area contributed by atoms with Crippen molar-refractivity contribution in [3.63, 3.8) is 0 Å². The highest BCUT2D eigenvalue weighted by Gasteiger charge is 2.07. The monoisotopic (exact) mass is 343 g/mol. The Morgan fingerprint density at radius 3 is 2.52 bits per heavy atom. The first-order valence-corrected chi connectivity index (χ1v) is 8.33. The predicted molar refractivity (Wildman–Crippen MR) is 98.4 cm³/mol. The maximum atomic E-state index is 12.0. The second-order valence-corrected chi connectivity index (χ2v) is 5.78. The van der Waals surface area contributed by atoms with Crippen molar-refractivity contribution in [3.8, 4) is 5.75 Å². The number of ether oxygens (including phenoxy) is 1. The lowest BCUT2D eigenvalue weighted by molar-refractivity contribution is 0.0947. The third-order valence-electron chi connectivity index (χ3n) is 3.39. The third-order valence-corrected chi connectivity index (χ3v) is 3.39. The molecular formula is C18H25N5O2. The van der Waals surface area contributed by atoms with E-state index in [9.17, 15) is 4.79 Å². The van der Waals surface area contributed by atoms with Crippen LogP contribution in [-0.4, -0.2) is 54.6 Å². The highest BCUT2D eigenvalue weighted by Crippen LogP contribution is 2.18. The number of carbonyl (C=O) groups excluding carboxylic acids is 1. The van der Waals surface area contributed by atoms with Crippen molar-refractivity contribution < 1.29 is 9.53 Å². The van der Waals surface area contributed by atoms with Crippen LogP contribution in [0.1, 0.15) is 23.8 Å². The van der Waals surface area contributed by atoms with E-state index in [0.717, 1.165) is 24.4 Å². The third kappa shape index (κ3) is 6.39. The molecule has 7 nitrogen and oxygen atoms in total. The summed E-state index contributed by atoms with van der Waals surface area (Å²) in [7, 11) is 4.01. The van der Waals surface area contributed by atoms with Crippen LogP contribution in [-0.2, 0) is 0 Å². The molecule has 0 saturated heterocycles. The van der Waals surface area contributed by atoms with E-state index in [-0.39, 0.29) is 5.91 Å². The lowest BCUT2D eigenvalue weighted by atomic mass is 10.3. The van der Waals surface area contributed by atoms with Crippen LogP contribution < -0.4 is 15.4 Å². The number of anilines is 2. The fourth-order valence-electron chi connectivity index (χ4n) is 2.15. The van der Waals surface area contributed by atoms with Crippen LogP contribution in [0, 0.1) is 0 Å². The smallest absolute Gasteiger partial charge is 0.271 e. The highest BCUT2D eigenvalue weighted by atomic mass is 16.5. The van der Waals surface area contributed by atoms with E-state index in [1.165, 1.54) is 6.20 Å². The van der Waals surface area contributed by atoms with Crippen LogP contribution in [0.5, 0.6) is 5.75 Å². The molecule has 0 unspecified atom stereocenters. The number of amides is 1. The first-order valence-electron chi connectivity index (χ1n) is 8.33.